The number of amides is 1. The largest absolute Gasteiger partial charge is 0.490 e. The van der Waals surface area contributed by atoms with Crippen molar-refractivity contribution in [3.05, 3.63) is 23.8 Å². The first kappa shape index (κ1) is 15.2. The molecule has 1 amide bonds. The van der Waals surface area contributed by atoms with Crippen molar-refractivity contribution in [2.24, 2.45) is 11.7 Å². The predicted octanol–water partition coefficient (Wildman–Crippen LogP) is 1.98. The third-order valence-electron chi connectivity index (χ3n) is 4.47. The standard InChI is InChI=1S/C17H24N2O3/c18-14-4-1-3-13(14)10-17(20)19-11-12-5-6-15-16(9-12)22-8-2-7-21-15/h5-6,9,13-14H,1-4,7-8,10-11,18H2,(H,19,20)/t13-,14+/m0/s1. The molecule has 22 heavy (non-hydrogen) atoms. The van der Waals surface area contributed by atoms with Crippen LogP contribution in [0.5, 0.6) is 11.5 Å². The van der Waals surface area contributed by atoms with E-state index in [0.29, 0.717) is 32.1 Å². The van der Waals surface area contributed by atoms with Gasteiger partial charge in [0.15, 0.2) is 11.5 Å². The summed E-state index contributed by atoms with van der Waals surface area (Å²) in [6, 6.07) is 6.01. The number of ether oxygens (including phenoxy) is 2. The number of nitrogens with one attached hydrogen (secondary N) is 1. The first-order valence-electron chi connectivity index (χ1n) is 8.13. The summed E-state index contributed by atoms with van der Waals surface area (Å²) in [5.74, 6) is 1.96. The zero-order valence-corrected chi connectivity index (χ0v) is 12.8. The molecular weight excluding hydrogens is 280 g/mol. The molecule has 120 valence electrons. The number of hydrogen-bond donors (Lipinski definition) is 2. The van der Waals surface area contributed by atoms with Crippen molar-refractivity contribution in [3.8, 4) is 11.5 Å². The van der Waals surface area contributed by atoms with Crippen LogP contribution in [-0.2, 0) is 11.3 Å². The van der Waals surface area contributed by atoms with Gasteiger partial charge in [0.1, 0.15) is 0 Å². The maximum absolute atomic E-state index is 12.0. The van der Waals surface area contributed by atoms with E-state index in [4.69, 9.17) is 15.2 Å². The van der Waals surface area contributed by atoms with Gasteiger partial charge in [0.2, 0.25) is 5.91 Å². The minimum Gasteiger partial charge on any atom is -0.490 e. The normalized spacial score (nSPS) is 23.9. The van der Waals surface area contributed by atoms with Crippen molar-refractivity contribution < 1.29 is 14.3 Å². The molecule has 1 fully saturated rings. The van der Waals surface area contributed by atoms with Gasteiger partial charge in [-0.05, 0) is 36.5 Å². The van der Waals surface area contributed by atoms with Crippen molar-refractivity contribution in [1.82, 2.24) is 5.32 Å². The maximum atomic E-state index is 12.0. The fourth-order valence-corrected chi connectivity index (χ4v) is 3.15. The number of carbonyl (C=O) groups excluding carboxylic acids is 1. The number of benzene rings is 1. The lowest BCUT2D eigenvalue weighted by atomic mass is 10.00. The Morgan fingerprint density at radius 1 is 1.18 bits per heavy atom. The fraction of sp³-hybridized carbons (Fsp3) is 0.588. The number of carbonyl (C=O) groups is 1. The maximum Gasteiger partial charge on any atom is 0.220 e. The van der Waals surface area contributed by atoms with Crippen molar-refractivity contribution in [1.29, 1.82) is 0 Å². The van der Waals surface area contributed by atoms with Gasteiger partial charge in [-0.3, -0.25) is 4.79 Å². The lowest BCUT2D eigenvalue weighted by molar-refractivity contribution is -0.122. The summed E-state index contributed by atoms with van der Waals surface area (Å²) in [6.07, 6.45) is 4.67. The van der Waals surface area contributed by atoms with E-state index in [1.54, 1.807) is 0 Å². The zero-order valence-electron chi connectivity index (χ0n) is 12.8. The summed E-state index contributed by atoms with van der Waals surface area (Å²) in [5.41, 5.74) is 7.04. The summed E-state index contributed by atoms with van der Waals surface area (Å²) >= 11 is 0. The van der Waals surface area contributed by atoms with E-state index >= 15 is 0 Å². The monoisotopic (exact) mass is 304 g/mol. The summed E-state index contributed by atoms with van der Waals surface area (Å²) in [7, 11) is 0. The van der Waals surface area contributed by atoms with E-state index in [1.807, 2.05) is 18.2 Å². The van der Waals surface area contributed by atoms with E-state index in [1.165, 1.54) is 0 Å². The van der Waals surface area contributed by atoms with E-state index in [9.17, 15) is 4.79 Å². The highest BCUT2D eigenvalue weighted by atomic mass is 16.5. The van der Waals surface area contributed by atoms with Crippen LogP contribution in [-0.4, -0.2) is 25.2 Å². The second-order valence-electron chi connectivity index (χ2n) is 6.17. The Bertz CT molecular complexity index is 533. The first-order valence-corrected chi connectivity index (χ1v) is 8.13. The minimum absolute atomic E-state index is 0.0782. The quantitative estimate of drug-likeness (QED) is 0.892. The Morgan fingerprint density at radius 3 is 2.77 bits per heavy atom. The fourth-order valence-electron chi connectivity index (χ4n) is 3.15. The molecular formula is C17H24N2O3. The summed E-state index contributed by atoms with van der Waals surface area (Å²) < 4.78 is 11.3. The van der Waals surface area contributed by atoms with E-state index in [2.05, 4.69) is 5.32 Å². The number of rotatable bonds is 4. The molecule has 2 atom stereocenters. The van der Waals surface area contributed by atoms with Crippen molar-refractivity contribution in [2.75, 3.05) is 13.2 Å². The van der Waals surface area contributed by atoms with Crippen LogP contribution in [0.1, 0.15) is 37.7 Å². The lowest BCUT2D eigenvalue weighted by Crippen LogP contribution is -2.31. The average Bonchev–Trinajstić information content (AvgIpc) is 2.78. The highest BCUT2D eigenvalue weighted by Crippen LogP contribution is 2.30. The summed E-state index contributed by atoms with van der Waals surface area (Å²) in [6.45, 7) is 1.87. The van der Waals surface area contributed by atoms with Gasteiger partial charge in [0.05, 0.1) is 13.2 Å². The molecule has 2 aliphatic rings. The minimum atomic E-state index is 0.0782. The van der Waals surface area contributed by atoms with Crippen molar-refractivity contribution >= 4 is 5.91 Å². The van der Waals surface area contributed by atoms with Crippen LogP contribution < -0.4 is 20.5 Å². The Labute approximate surface area is 131 Å². The zero-order chi connectivity index (χ0) is 15.4. The lowest BCUT2D eigenvalue weighted by Gasteiger charge is -2.15. The molecule has 5 nitrogen and oxygen atoms in total. The highest BCUT2D eigenvalue weighted by Gasteiger charge is 2.25. The number of hydrogen-bond acceptors (Lipinski definition) is 4. The molecule has 0 aromatic heterocycles. The van der Waals surface area contributed by atoms with Gasteiger partial charge < -0.3 is 20.5 Å². The van der Waals surface area contributed by atoms with Gasteiger partial charge in [-0.1, -0.05) is 12.5 Å². The molecule has 1 heterocycles. The van der Waals surface area contributed by atoms with Crippen LogP contribution >= 0.6 is 0 Å². The number of fused-ring (bicyclic) bond motifs is 1. The van der Waals surface area contributed by atoms with Gasteiger partial charge in [-0.25, -0.2) is 0 Å². The Hall–Kier alpha value is -1.75. The van der Waals surface area contributed by atoms with E-state index in [-0.39, 0.29) is 11.9 Å². The molecule has 0 saturated heterocycles. The Balaban J connectivity index is 1.52. The smallest absolute Gasteiger partial charge is 0.220 e. The molecule has 1 aliphatic carbocycles. The van der Waals surface area contributed by atoms with Crippen LogP contribution in [0.4, 0.5) is 0 Å². The van der Waals surface area contributed by atoms with Gasteiger partial charge in [0, 0.05) is 25.4 Å². The van der Waals surface area contributed by atoms with Crippen LogP contribution in [0.25, 0.3) is 0 Å². The molecule has 3 N–H and O–H groups in total. The molecule has 0 bridgehead atoms. The first-order chi connectivity index (χ1) is 10.7. The molecule has 1 aliphatic heterocycles. The third-order valence-corrected chi connectivity index (χ3v) is 4.47. The molecule has 1 aromatic rings. The van der Waals surface area contributed by atoms with E-state index < -0.39 is 0 Å². The average molecular weight is 304 g/mol. The van der Waals surface area contributed by atoms with Crippen molar-refractivity contribution in [3.63, 3.8) is 0 Å². The Morgan fingerprint density at radius 2 is 2.00 bits per heavy atom. The van der Waals surface area contributed by atoms with Gasteiger partial charge >= 0.3 is 0 Å². The molecule has 3 rings (SSSR count). The molecule has 5 heteroatoms. The highest BCUT2D eigenvalue weighted by molar-refractivity contribution is 5.76. The van der Waals surface area contributed by atoms with Gasteiger partial charge in [-0.2, -0.15) is 0 Å². The summed E-state index contributed by atoms with van der Waals surface area (Å²) in [4.78, 5) is 12.0. The van der Waals surface area contributed by atoms with Crippen LogP contribution in [0, 0.1) is 5.92 Å². The third kappa shape index (κ3) is 3.71. The topological polar surface area (TPSA) is 73.6 Å². The van der Waals surface area contributed by atoms with Gasteiger partial charge in [0.25, 0.3) is 0 Å². The molecule has 0 spiro atoms. The van der Waals surface area contributed by atoms with Crippen molar-refractivity contribution in [2.45, 2.75) is 44.7 Å². The second kappa shape index (κ2) is 7.01. The molecule has 1 saturated carbocycles. The van der Waals surface area contributed by atoms with Gasteiger partial charge in [-0.15, -0.1) is 0 Å². The molecule has 1 aromatic carbocycles. The number of nitrogens with two attached hydrogens (primary N) is 1. The molecule has 0 unspecified atom stereocenters. The second-order valence-corrected chi connectivity index (χ2v) is 6.17. The van der Waals surface area contributed by atoms with E-state index in [0.717, 1.165) is 42.7 Å². The van der Waals surface area contributed by atoms with Crippen LogP contribution in [0.2, 0.25) is 0 Å². The summed E-state index contributed by atoms with van der Waals surface area (Å²) in [5, 5.41) is 2.98. The predicted molar refractivity (Wildman–Crippen MR) is 83.8 cm³/mol. The van der Waals surface area contributed by atoms with Crippen LogP contribution in [0.15, 0.2) is 18.2 Å². The Kier molecular flexibility index (Phi) is 4.83. The molecule has 0 radical (unpaired) electrons. The van der Waals surface area contributed by atoms with Crippen LogP contribution in [0.3, 0.4) is 0 Å². The SMILES string of the molecule is N[C@@H]1CCC[C@H]1CC(=O)NCc1ccc2c(c1)OCCCO2.